The highest BCUT2D eigenvalue weighted by Crippen LogP contribution is 2.35. The predicted molar refractivity (Wildman–Crippen MR) is 68.1 cm³/mol. The quantitative estimate of drug-likeness (QED) is 0.894. The summed E-state index contributed by atoms with van der Waals surface area (Å²) in [4.78, 5) is 2.39. The van der Waals surface area contributed by atoms with Crippen LogP contribution in [0.4, 0.5) is 5.69 Å². The third kappa shape index (κ3) is 2.18. The molecule has 0 radical (unpaired) electrons. The van der Waals surface area contributed by atoms with Gasteiger partial charge in [0.1, 0.15) is 0 Å². The number of halogens is 1. The molecule has 0 aliphatic carbocycles. The van der Waals surface area contributed by atoms with Crippen LogP contribution >= 0.6 is 15.9 Å². The Labute approximate surface area is 99.6 Å². The molecule has 0 bridgehead atoms. The maximum atomic E-state index is 6.12. The Morgan fingerprint density at radius 2 is 2.27 bits per heavy atom. The second kappa shape index (κ2) is 4.14. The van der Waals surface area contributed by atoms with Crippen LogP contribution < -0.4 is 10.6 Å². The highest BCUT2D eigenvalue weighted by molar-refractivity contribution is 9.10. The highest BCUT2D eigenvalue weighted by atomic mass is 79.9. The number of hydrogen-bond acceptors (Lipinski definition) is 2. The SMILES string of the molecule is CC(C)CN1C[C@H](N)c2cc(Br)ccc21. The molecule has 2 nitrogen and oxygen atoms in total. The Balaban J connectivity index is 2.30. The van der Waals surface area contributed by atoms with Crippen LogP contribution in [0.2, 0.25) is 0 Å². The highest BCUT2D eigenvalue weighted by Gasteiger charge is 2.25. The van der Waals surface area contributed by atoms with Crippen molar-refractivity contribution in [2.75, 3.05) is 18.0 Å². The van der Waals surface area contributed by atoms with E-state index in [0.717, 1.165) is 17.6 Å². The normalized spacial score (nSPS) is 19.8. The van der Waals surface area contributed by atoms with Gasteiger partial charge < -0.3 is 10.6 Å². The van der Waals surface area contributed by atoms with E-state index in [1.807, 2.05) is 0 Å². The van der Waals surface area contributed by atoms with Gasteiger partial charge in [-0.2, -0.15) is 0 Å². The minimum absolute atomic E-state index is 0.163. The second-order valence-electron chi connectivity index (χ2n) is 4.61. The molecule has 1 atom stereocenters. The average molecular weight is 269 g/mol. The van der Waals surface area contributed by atoms with Gasteiger partial charge >= 0.3 is 0 Å². The van der Waals surface area contributed by atoms with Crippen molar-refractivity contribution in [3.63, 3.8) is 0 Å². The van der Waals surface area contributed by atoms with Gasteiger partial charge in [-0.3, -0.25) is 0 Å². The van der Waals surface area contributed by atoms with Gasteiger partial charge in [-0.15, -0.1) is 0 Å². The number of nitrogens with zero attached hydrogens (tertiary/aromatic N) is 1. The van der Waals surface area contributed by atoms with E-state index < -0.39 is 0 Å². The van der Waals surface area contributed by atoms with Crippen molar-refractivity contribution < 1.29 is 0 Å². The first kappa shape index (κ1) is 11.0. The van der Waals surface area contributed by atoms with Crippen molar-refractivity contribution in [2.24, 2.45) is 11.7 Å². The third-order valence-electron chi connectivity index (χ3n) is 2.73. The van der Waals surface area contributed by atoms with E-state index in [2.05, 4.69) is 52.9 Å². The van der Waals surface area contributed by atoms with E-state index in [9.17, 15) is 0 Å². The molecule has 1 aromatic rings. The molecule has 3 heteroatoms. The zero-order valence-electron chi connectivity index (χ0n) is 9.20. The van der Waals surface area contributed by atoms with Gasteiger partial charge in [-0.25, -0.2) is 0 Å². The monoisotopic (exact) mass is 268 g/mol. The molecule has 0 amide bonds. The Kier molecular flexibility index (Phi) is 3.03. The van der Waals surface area contributed by atoms with Gasteiger partial charge in [0.25, 0.3) is 0 Å². The number of nitrogens with two attached hydrogens (primary N) is 1. The fraction of sp³-hybridized carbons (Fsp3) is 0.500. The Bertz CT molecular complexity index is 363. The third-order valence-corrected chi connectivity index (χ3v) is 3.23. The van der Waals surface area contributed by atoms with E-state index in [1.54, 1.807) is 0 Å². The first-order valence-corrected chi connectivity index (χ1v) is 6.17. The summed E-state index contributed by atoms with van der Waals surface area (Å²) in [6.45, 7) is 6.51. The summed E-state index contributed by atoms with van der Waals surface area (Å²) in [5.74, 6) is 0.673. The molecule has 1 aliphatic heterocycles. The van der Waals surface area contributed by atoms with Crippen LogP contribution in [0, 0.1) is 5.92 Å². The minimum atomic E-state index is 0.163. The molecule has 1 aliphatic rings. The van der Waals surface area contributed by atoms with Crippen molar-refractivity contribution in [3.05, 3.63) is 28.2 Å². The van der Waals surface area contributed by atoms with E-state index >= 15 is 0 Å². The number of anilines is 1. The smallest absolute Gasteiger partial charge is 0.0494 e. The van der Waals surface area contributed by atoms with E-state index in [1.165, 1.54) is 11.3 Å². The van der Waals surface area contributed by atoms with Crippen molar-refractivity contribution >= 4 is 21.6 Å². The molecular formula is C12H17BrN2. The minimum Gasteiger partial charge on any atom is -0.369 e. The van der Waals surface area contributed by atoms with E-state index in [-0.39, 0.29) is 6.04 Å². The van der Waals surface area contributed by atoms with Crippen LogP contribution in [-0.4, -0.2) is 13.1 Å². The molecule has 0 saturated heterocycles. The summed E-state index contributed by atoms with van der Waals surface area (Å²) < 4.78 is 1.11. The van der Waals surface area contributed by atoms with Crippen molar-refractivity contribution in [1.29, 1.82) is 0 Å². The van der Waals surface area contributed by atoms with Crippen LogP contribution in [0.5, 0.6) is 0 Å². The van der Waals surface area contributed by atoms with E-state index in [0.29, 0.717) is 5.92 Å². The number of benzene rings is 1. The molecular weight excluding hydrogens is 252 g/mol. The molecule has 1 aromatic carbocycles. The lowest BCUT2D eigenvalue weighted by atomic mass is 10.1. The molecule has 15 heavy (non-hydrogen) atoms. The summed E-state index contributed by atoms with van der Waals surface area (Å²) in [6, 6.07) is 6.55. The van der Waals surface area contributed by atoms with Crippen molar-refractivity contribution in [2.45, 2.75) is 19.9 Å². The molecule has 82 valence electrons. The maximum Gasteiger partial charge on any atom is 0.0494 e. The molecule has 2 rings (SSSR count). The lowest BCUT2D eigenvalue weighted by Gasteiger charge is -2.21. The zero-order chi connectivity index (χ0) is 11.0. The summed E-state index contributed by atoms with van der Waals surface area (Å²) in [5, 5.41) is 0. The van der Waals surface area contributed by atoms with Crippen LogP contribution in [0.15, 0.2) is 22.7 Å². The van der Waals surface area contributed by atoms with Crippen LogP contribution in [0.1, 0.15) is 25.5 Å². The standard InChI is InChI=1S/C12H17BrN2/c1-8(2)6-15-7-11(14)10-5-9(13)3-4-12(10)15/h3-5,8,11H,6-7,14H2,1-2H3/t11-/m0/s1. The van der Waals surface area contributed by atoms with Gasteiger partial charge in [-0.05, 0) is 29.7 Å². The van der Waals surface area contributed by atoms with E-state index in [4.69, 9.17) is 5.73 Å². The molecule has 0 fully saturated rings. The molecule has 2 N–H and O–H groups in total. The topological polar surface area (TPSA) is 29.3 Å². The maximum absolute atomic E-state index is 6.12. The first-order valence-electron chi connectivity index (χ1n) is 5.38. The van der Waals surface area contributed by atoms with Gasteiger partial charge in [0.15, 0.2) is 0 Å². The second-order valence-corrected chi connectivity index (χ2v) is 5.52. The molecule has 0 spiro atoms. The zero-order valence-corrected chi connectivity index (χ0v) is 10.8. The fourth-order valence-electron chi connectivity index (χ4n) is 2.16. The first-order chi connectivity index (χ1) is 7.08. The predicted octanol–water partition coefficient (Wildman–Crippen LogP) is 2.92. The van der Waals surface area contributed by atoms with Gasteiger partial charge in [0, 0.05) is 29.3 Å². The van der Waals surface area contributed by atoms with Gasteiger partial charge in [0.05, 0.1) is 0 Å². The lowest BCUT2D eigenvalue weighted by Crippen LogP contribution is -2.28. The summed E-state index contributed by atoms with van der Waals surface area (Å²) in [6.07, 6.45) is 0. The lowest BCUT2D eigenvalue weighted by molar-refractivity contribution is 0.603. The Morgan fingerprint density at radius 1 is 1.53 bits per heavy atom. The van der Waals surface area contributed by atoms with Gasteiger partial charge in [-0.1, -0.05) is 29.8 Å². The average Bonchev–Trinajstić information content (AvgIpc) is 2.42. The number of rotatable bonds is 2. The number of fused-ring (bicyclic) bond motifs is 1. The number of hydrogen-bond donors (Lipinski definition) is 1. The molecule has 0 aromatic heterocycles. The molecule has 1 heterocycles. The van der Waals surface area contributed by atoms with Crippen molar-refractivity contribution in [1.82, 2.24) is 0 Å². The summed E-state index contributed by atoms with van der Waals surface area (Å²) in [7, 11) is 0. The Hall–Kier alpha value is -0.540. The Morgan fingerprint density at radius 3 is 2.93 bits per heavy atom. The van der Waals surface area contributed by atoms with Crippen LogP contribution in [-0.2, 0) is 0 Å². The van der Waals surface area contributed by atoms with Crippen LogP contribution in [0.3, 0.4) is 0 Å². The van der Waals surface area contributed by atoms with Gasteiger partial charge in [0.2, 0.25) is 0 Å². The van der Waals surface area contributed by atoms with Crippen LogP contribution in [0.25, 0.3) is 0 Å². The summed E-state index contributed by atoms with van der Waals surface area (Å²) >= 11 is 3.49. The fourth-order valence-corrected chi connectivity index (χ4v) is 2.54. The van der Waals surface area contributed by atoms with Crippen molar-refractivity contribution in [3.8, 4) is 0 Å². The summed E-state index contributed by atoms with van der Waals surface area (Å²) in [5.41, 5.74) is 8.69. The molecule has 0 unspecified atom stereocenters. The largest absolute Gasteiger partial charge is 0.369 e. The molecule has 0 saturated carbocycles.